The van der Waals surface area contributed by atoms with Gasteiger partial charge < -0.3 is 14.8 Å². The van der Waals surface area contributed by atoms with Crippen molar-refractivity contribution in [2.45, 2.75) is 52.0 Å². The molecule has 0 saturated heterocycles. The van der Waals surface area contributed by atoms with E-state index in [1.807, 2.05) is 13.8 Å². The van der Waals surface area contributed by atoms with Gasteiger partial charge in [0.1, 0.15) is 0 Å². The molecule has 0 aliphatic heterocycles. The minimum absolute atomic E-state index is 0.0895. The third kappa shape index (κ3) is 6.86. The van der Waals surface area contributed by atoms with Crippen LogP contribution in [0.3, 0.4) is 0 Å². The van der Waals surface area contributed by atoms with Crippen LogP contribution in [0.5, 0.6) is 0 Å². The van der Waals surface area contributed by atoms with E-state index in [9.17, 15) is 18.0 Å². The lowest BCUT2D eigenvalue weighted by Crippen LogP contribution is -2.44. The number of hydrogen-bond donors (Lipinski definition) is 1. The number of hydrogen-bond acceptors (Lipinski definition) is 6. The van der Waals surface area contributed by atoms with E-state index in [1.165, 1.54) is 19.2 Å². The number of amides is 1. The molecule has 152 valence electrons. The molecule has 0 radical (unpaired) electrons. The summed E-state index contributed by atoms with van der Waals surface area (Å²) in [5.41, 5.74) is 0.916. The molecule has 1 aromatic rings. The highest BCUT2D eigenvalue weighted by Gasteiger charge is 2.29. The Kier molecular flexibility index (Phi) is 8.27. The summed E-state index contributed by atoms with van der Waals surface area (Å²) < 4.78 is 35.4. The number of ether oxygens (including phenoxy) is 2. The van der Waals surface area contributed by atoms with Gasteiger partial charge in [0.2, 0.25) is 0 Å². The molecule has 1 amide bonds. The molecule has 1 unspecified atom stereocenters. The van der Waals surface area contributed by atoms with Crippen LogP contribution in [0.2, 0.25) is 0 Å². The van der Waals surface area contributed by atoms with E-state index < -0.39 is 33.2 Å². The zero-order valence-corrected chi connectivity index (χ0v) is 17.5. The normalized spacial score (nSPS) is 13.9. The fraction of sp³-hybridized carbons (Fsp3) is 0.579. The van der Waals surface area contributed by atoms with E-state index >= 15 is 0 Å². The predicted molar refractivity (Wildman–Crippen MR) is 103 cm³/mol. The molecule has 0 saturated carbocycles. The molecule has 8 heteroatoms. The molecule has 1 N–H and O–H groups in total. The Morgan fingerprint density at radius 1 is 1.04 bits per heavy atom. The van der Waals surface area contributed by atoms with Crippen LogP contribution in [0, 0.1) is 5.92 Å². The molecule has 0 aliphatic carbocycles. The minimum Gasteiger partial charge on any atom is -0.465 e. The summed E-state index contributed by atoms with van der Waals surface area (Å²) in [6.45, 7) is 8.71. The average molecular weight is 400 g/mol. The van der Waals surface area contributed by atoms with Crippen LogP contribution < -0.4 is 5.32 Å². The van der Waals surface area contributed by atoms with Crippen molar-refractivity contribution in [3.8, 4) is 0 Å². The highest BCUT2D eigenvalue weighted by Crippen LogP contribution is 2.24. The van der Waals surface area contributed by atoms with Crippen molar-refractivity contribution in [1.82, 2.24) is 5.32 Å². The van der Waals surface area contributed by atoms with Crippen LogP contribution in [0.4, 0.5) is 4.79 Å². The molecule has 2 atom stereocenters. The van der Waals surface area contributed by atoms with Crippen LogP contribution in [-0.4, -0.2) is 45.5 Å². The zero-order chi connectivity index (χ0) is 20.8. The summed E-state index contributed by atoms with van der Waals surface area (Å²) >= 11 is 0. The fourth-order valence-electron chi connectivity index (χ4n) is 2.41. The van der Waals surface area contributed by atoms with Crippen molar-refractivity contribution in [3.63, 3.8) is 0 Å². The maximum Gasteiger partial charge on any atom is 0.407 e. The van der Waals surface area contributed by atoms with E-state index in [2.05, 4.69) is 10.1 Å². The molecule has 27 heavy (non-hydrogen) atoms. The van der Waals surface area contributed by atoms with E-state index in [-0.39, 0.29) is 17.8 Å². The third-order valence-corrected chi connectivity index (χ3v) is 6.38. The van der Waals surface area contributed by atoms with Gasteiger partial charge in [-0.2, -0.15) is 0 Å². The summed E-state index contributed by atoms with van der Waals surface area (Å²) in [6.07, 6.45) is -0.921. The molecule has 7 nitrogen and oxygen atoms in total. The molecule has 0 bridgehead atoms. The molecule has 0 aromatic heterocycles. The number of esters is 1. The van der Waals surface area contributed by atoms with Gasteiger partial charge in [0.25, 0.3) is 0 Å². The summed E-state index contributed by atoms with van der Waals surface area (Å²) in [5.74, 6) is -0.782. The average Bonchev–Trinajstić information content (AvgIpc) is 2.59. The summed E-state index contributed by atoms with van der Waals surface area (Å²) in [6, 6.07) is 5.69. The van der Waals surface area contributed by atoms with E-state index in [4.69, 9.17) is 4.74 Å². The third-order valence-electron chi connectivity index (χ3n) is 4.20. The molecular weight excluding hydrogens is 370 g/mol. The maximum atomic E-state index is 12.8. The van der Waals surface area contributed by atoms with Crippen LogP contribution in [-0.2, 0) is 19.3 Å². The summed E-state index contributed by atoms with van der Waals surface area (Å²) in [7, 11) is -2.27. The molecule has 1 aromatic carbocycles. The van der Waals surface area contributed by atoms with Crippen molar-refractivity contribution in [2.24, 2.45) is 5.92 Å². The first kappa shape index (κ1) is 23.0. The van der Waals surface area contributed by atoms with Crippen LogP contribution in [0.25, 0.3) is 0 Å². The largest absolute Gasteiger partial charge is 0.465 e. The second kappa shape index (κ2) is 9.73. The highest BCUT2D eigenvalue weighted by molar-refractivity contribution is 7.91. The topological polar surface area (TPSA) is 98.8 Å². The van der Waals surface area contributed by atoms with Crippen LogP contribution >= 0.6 is 0 Å². The number of carbonyl (C=O) groups is 2. The van der Waals surface area contributed by atoms with Crippen molar-refractivity contribution in [2.75, 3.05) is 12.9 Å². The number of rotatable bonds is 8. The van der Waals surface area contributed by atoms with Crippen molar-refractivity contribution in [3.05, 3.63) is 35.4 Å². The van der Waals surface area contributed by atoms with Gasteiger partial charge in [0.15, 0.2) is 9.84 Å². The second-order valence-corrected chi connectivity index (χ2v) is 9.40. The Hall–Kier alpha value is -2.09. The monoisotopic (exact) mass is 399 g/mol. The number of sulfone groups is 1. The number of alkyl carbamates (subject to hydrolysis) is 1. The van der Waals surface area contributed by atoms with E-state index in [0.717, 1.165) is 0 Å². The van der Waals surface area contributed by atoms with Gasteiger partial charge in [0.05, 0.1) is 29.8 Å². The molecule has 0 spiro atoms. The van der Waals surface area contributed by atoms with Gasteiger partial charge in [-0.1, -0.05) is 26.0 Å². The lowest BCUT2D eigenvalue weighted by atomic mass is 10.1. The van der Waals surface area contributed by atoms with Gasteiger partial charge in [-0.3, -0.25) is 0 Å². The van der Waals surface area contributed by atoms with Crippen LogP contribution in [0.15, 0.2) is 24.3 Å². The summed E-state index contributed by atoms with van der Waals surface area (Å²) in [4.78, 5) is 23.4. The molecular formula is C19H29NO6S. The molecule has 0 fully saturated rings. The Morgan fingerprint density at radius 3 is 2.04 bits per heavy atom. The van der Waals surface area contributed by atoms with Gasteiger partial charge in [0, 0.05) is 6.04 Å². The standard InChI is InChI=1S/C19H29NO6S/c1-12(2)17(20-19(22)26-13(3)4)11-27(23,24)14(5)15-7-9-16(10-8-15)18(21)25-6/h7-10,12-14,17H,11H2,1-6H3,(H,20,22)/t14?,17-/m1/s1. The first-order valence-electron chi connectivity index (χ1n) is 8.85. The Morgan fingerprint density at radius 2 is 1.59 bits per heavy atom. The lowest BCUT2D eigenvalue weighted by Gasteiger charge is -2.24. The minimum atomic E-state index is -3.56. The lowest BCUT2D eigenvalue weighted by molar-refractivity contribution is 0.0600. The van der Waals surface area contributed by atoms with Gasteiger partial charge in [-0.15, -0.1) is 0 Å². The first-order chi connectivity index (χ1) is 12.5. The quantitative estimate of drug-likeness (QED) is 0.675. The second-order valence-electron chi connectivity index (χ2n) is 7.03. The van der Waals surface area contributed by atoms with Gasteiger partial charge >= 0.3 is 12.1 Å². The van der Waals surface area contributed by atoms with E-state index in [0.29, 0.717) is 11.1 Å². The van der Waals surface area contributed by atoms with Crippen molar-refractivity contribution < 1.29 is 27.5 Å². The SMILES string of the molecule is COC(=O)c1ccc(C(C)S(=O)(=O)C[C@@H](NC(=O)OC(C)C)C(C)C)cc1. The van der Waals surface area contributed by atoms with Gasteiger partial charge in [-0.05, 0) is 44.4 Å². The maximum absolute atomic E-state index is 12.8. The summed E-state index contributed by atoms with van der Waals surface area (Å²) in [5, 5.41) is 1.86. The molecule has 0 heterocycles. The molecule has 1 rings (SSSR count). The first-order valence-corrected chi connectivity index (χ1v) is 10.6. The van der Waals surface area contributed by atoms with Crippen molar-refractivity contribution >= 4 is 21.9 Å². The fourth-order valence-corrected chi connectivity index (χ4v) is 4.24. The number of carbonyl (C=O) groups excluding carboxylic acids is 2. The van der Waals surface area contributed by atoms with E-state index in [1.54, 1.807) is 32.9 Å². The highest BCUT2D eigenvalue weighted by atomic mass is 32.2. The Labute approximate surface area is 161 Å². The Balaban J connectivity index is 2.92. The number of benzene rings is 1. The van der Waals surface area contributed by atoms with Gasteiger partial charge in [-0.25, -0.2) is 18.0 Å². The Bertz CT molecular complexity index is 740. The van der Waals surface area contributed by atoms with Crippen LogP contribution in [0.1, 0.15) is 55.8 Å². The predicted octanol–water partition coefficient (Wildman–Crippen LogP) is 3.11. The molecule has 0 aliphatic rings. The van der Waals surface area contributed by atoms with Crippen molar-refractivity contribution in [1.29, 1.82) is 0 Å². The number of nitrogens with one attached hydrogen (secondary N) is 1. The zero-order valence-electron chi connectivity index (χ0n) is 16.7. The smallest absolute Gasteiger partial charge is 0.407 e. The number of methoxy groups -OCH3 is 1.